The van der Waals surface area contributed by atoms with Gasteiger partial charge in [-0.25, -0.2) is 9.88 Å². The summed E-state index contributed by atoms with van der Waals surface area (Å²) < 4.78 is 12.4. The van der Waals surface area contributed by atoms with Crippen LogP contribution in [0.1, 0.15) is 37.6 Å². The van der Waals surface area contributed by atoms with Crippen molar-refractivity contribution >= 4 is 34.1 Å². The first-order valence-corrected chi connectivity index (χ1v) is 12.0. The highest BCUT2D eigenvalue weighted by Crippen LogP contribution is 2.62. The maximum atomic E-state index is 13.9. The van der Waals surface area contributed by atoms with Crippen molar-refractivity contribution in [2.75, 3.05) is 17.2 Å². The molecule has 3 saturated heterocycles. The molecule has 0 saturated carbocycles. The number of ether oxygens (including phenoxy) is 2. The topological polar surface area (TPSA) is 131 Å². The van der Waals surface area contributed by atoms with Crippen LogP contribution in [0.25, 0.3) is 10.8 Å². The Morgan fingerprint density at radius 2 is 1.89 bits per heavy atom. The van der Waals surface area contributed by atoms with E-state index in [1.165, 1.54) is 4.90 Å². The molecule has 0 unspecified atom stereocenters. The Bertz CT molecular complexity index is 1460. The number of nitriles is 1. The van der Waals surface area contributed by atoms with Crippen LogP contribution in [0.2, 0.25) is 0 Å². The van der Waals surface area contributed by atoms with Gasteiger partial charge in [-0.1, -0.05) is 24.3 Å². The Kier molecular flexibility index (Phi) is 4.82. The van der Waals surface area contributed by atoms with Crippen LogP contribution in [0.3, 0.4) is 0 Å². The van der Waals surface area contributed by atoms with E-state index in [2.05, 4.69) is 16.0 Å². The number of hydrogen-bond donors (Lipinski definition) is 1. The number of amides is 2. The van der Waals surface area contributed by atoms with Crippen LogP contribution in [0.15, 0.2) is 42.5 Å². The van der Waals surface area contributed by atoms with E-state index in [1.807, 2.05) is 31.2 Å². The average Bonchev–Trinajstić information content (AvgIpc) is 3.42. The van der Waals surface area contributed by atoms with Gasteiger partial charge in [-0.05, 0) is 38.8 Å². The van der Waals surface area contributed by atoms with Crippen molar-refractivity contribution in [3.8, 4) is 11.9 Å². The summed E-state index contributed by atoms with van der Waals surface area (Å²) in [6, 6.07) is 14.5. The zero-order valence-corrected chi connectivity index (χ0v) is 20.0. The Labute approximate surface area is 207 Å². The van der Waals surface area contributed by atoms with Crippen LogP contribution < -0.4 is 15.4 Å². The molecule has 6 rings (SSSR count). The van der Waals surface area contributed by atoms with E-state index in [4.69, 9.17) is 15.2 Å². The maximum Gasteiger partial charge on any atom is 0.240 e. The summed E-state index contributed by atoms with van der Waals surface area (Å²) in [4.78, 5) is 37.4. The lowest BCUT2D eigenvalue weighted by atomic mass is 9.67. The first-order valence-electron chi connectivity index (χ1n) is 12.0. The molecule has 1 aromatic heterocycles. The average molecular weight is 484 g/mol. The largest absolute Gasteiger partial charge is 0.477 e. The fourth-order valence-corrected chi connectivity index (χ4v) is 6.39. The third-order valence-electron chi connectivity index (χ3n) is 7.88. The molecule has 0 aliphatic carbocycles. The molecule has 0 radical (unpaired) electrons. The van der Waals surface area contributed by atoms with Crippen molar-refractivity contribution in [3.05, 3.63) is 53.9 Å². The van der Waals surface area contributed by atoms with E-state index in [9.17, 15) is 14.9 Å². The SMILES string of the molecule is Cc1nc(N)cc(OCC[C@]23CC[C@](C)(O2)[C@@H]2C(=O)N(c4ccc(C#N)c5ccccc45)C(=O)[C@@H]23)n1. The molecule has 182 valence electrons. The molecule has 2 N–H and O–H groups in total. The van der Waals surface area contributed by atoms with E-state index in [-0.39, 0.29) is 18.4 Å². The summed E-state index contributed by atoms with van der Waals surface area (Å²) in [5.41, 5.74) is 5.30. The molecular weight excluding hydrogens is 458 g/mol. The van der Waals surface area contributed by atoms with Gasteiger partial charge in [-0.15, -0.1) is 0 Å². The van der Waals surface area contributed by atoms with E-state index >= 15 is 0 Å². The number of aryl methyl sites for hydroxylation is 1. The number of carbonyl (C=O) groups is 2. The van der Waals surface area contributed by atoms with Crippen LogP contribution in [-0.2, 0) is 14.3 Å². The van der Waals surface area contributed by atoms with Gasteiger partial charge in [0.15, 0.2) is 0 Å². The Morgan fingerprint density at radius 3 is 2.64 bits per heavy atom. The number of nitrogens with two attached hydrogens (primary N) is 1. The van der Waals surface area contributed by atoms with Gasteiger partial charge in [0, 0.05) is 23.3 Å². The fourth-order valence-electron chi connectivity index (χ4n) is 6.39. The smallest absolute Gasteiger partial charge is 0.240 e. The number of fused-ring (bicyclic) bond motifs is 6. The second kappa shape index (κ2) is 7.73. The molecule has 3 fully saturated rings. The third kappa shape index (κ3) is 3.11. The molecule has 3 aliphatic heterocycles. The zero-order chi connectivity index (χ0) is 25.2. The Balaban J connectivity index is 1.33. The van der Waals surface area contributed by atoms with Crippen molar-refractivity contribution in [1.82, 2.24) is 9.97 Å². The first-order chi connectivity index (χ1) is 17.3. The maximum absolute atomic E-state index is 13.9. The fraction of sp³-hybridized carbons (Fsp3) is 0.370. The number of aromatic nitrogens is 2. The Morgan fingerprint density at radius 1 is 1.14 bits per heavy atom. The van der Waals surface area contributed by atoms with Crippen molar-refractivity contribution in [2.24, 2.45) is 11.8 Å². The van der Waals surface area contributed by atoms with Crippen LogP contribution in [0.4, 0.5) is 11.5 Å². The number of imide groups is 1. The van der Waals surface area contributed by atoms with Crippen LogP contribution in [0, 0.1) is 30.1 Å². The summed E-state index contributed by atoms with van der Waals surface area (Å²) in [5.74, 6) is -0.469. The minimum Gasteiger partial charge on any atom is -0.477 e. The number of benzene rings is 2. The molecule has 36 heavy (non-hydrogen) atoms. The van der Waals surface area contributed by atoms with Gasteiger partial charge in [0.25, 0.3) is 0 Å². The second-order valence-corrected chi connectivity index (χ2v) is 10.0. The molecule has 9 heteroatoms. The third-order valence-corrected chi connectivity index (χ3v) is 7.88. The van der Waals surface area contributed by atoms with Crippen molar-refractivity contribution in [2.45, 2.75) is 44.3 Å². The monoisotopic (exact) mass is 483 g/mol. The van der Waals surface area contributed by atoms with Crippen molar-refractivity contribution in [3.63, 3.8) is 0 Å². The highest BCUT2D eigenvalue weighted by atomic mass is 16.5. The van der Waals surface area contributed by atoms with E-state index in [0.717, 1.165) is 0 Å². The molecular formula is C27H25N5O4. The second-order valence-electron chi connectivity index (χ2n) is 10.0. The molecule has 3 aliphatic rings. The molecule has 2 aromatic carbocycles. The van der Waals surface area contributed by atoms with E-state index in [0.29, 0.717) is 58.8 Å². The van der Waals surface area contributed by atoms with Gasteiger partial charge in [-0.2, -0.15) is 10.2 Å². The molecule has 2 amide bonds. The number of nitrogen functional groups attached to an aromatic ring is 1. The number of anilines is 2. The van der Waals surface area contributed by atoms with Crippen molar-refractivity contribution < 1.29 is 19.1 Å². The number of hydrogen-bond acceptors (Lipinski definition) is 8. The Hall–Kier alpha value is -4.03. The van der Waals surface area contributed by atoms with Gasteiger partial charge in [0.1, 0.15) is 11.6 Å². The summed E-state index contributed by atoms with van der Waals surface area (Å²) in [7, 11) is 0. The van der Waals surface area contributed by atoms with Gasteiger partial charge in [-0.3, -0.25) is 9.59 Å². The highest BCUT2D eigenvalue weighted by molar-refractivity contribution is 6.26. The minimum atomic E-state index is -0.795. The van der Waals surface area contributed by atoms with Gasteiger partial charge < -0.3 is 15.2 Å². The molecule has 4 heterocycles. The summed E-state index contributed by atoms with van der Waals surface area (Å²) in [5, 5.41) is 10.9. The number of rotatable bonds is 5. The first kappa shape index (κ1) is 22.4. The normalized spacial score (nSPS) is 28.5. The molecule has 0 spiro atoms. The minimum absolute atomic E-state index is 0.246. The molecule has 2 bridgehead atoms. The lowest BCUT2D eigenvalue weighted by Crippen LogP contribution is -2.43. The predicted molar refractivity (Wildman–Crippen MR) is 131 cm³/mol. The van der Waals surface area contributed by atoms with Gasteiger partial charge in [0.2, 0.25) is 17.7 Å². The summed E-state index contributed by atoms with van der Waals surface area (Å²) in [6.07, 6.45) is 1.79. The van der Waals surface area contributed by atoms with Crippen molar-refractivity contribution in [1.29, 1.82) is 5.26 Å². The van der Waals surface area contributed by atoms with E-state index < -0.39 is 23.0 Å². The van der Waals surface area contributed by atoms with Gasteiger partial charge in [0.05, 0.1) is 47.0 Å². The van der Waals surface area contributed by atoms with Crippen LogP contribution in [0.5, 0.6) is 5.88 Å². The standard InChI is InChI=1S/C27H25N5O4/c1-15-30-20(29)13-21(31-15)35-12-11-27-10-9-26(2,36-27)22-23(27)25(34)32(24(22)33)19-8-7-16(14-28)17-5-3-4-6-18(17)19/h3-8,13,22-23H,9-12H2,1-2H3,(H2,29,30,31)/t22-,23+,26-,27-/m0/s1. The molecule has 3 aromatic rings. The lowest BCUT2D eigenvalue weighted by molar-refractivity contribution is -0.131. The molecule has 9 nitrogen and oxygen atoms in total. The van der Waals surface area contributed by atoms with Crippen LogP contribution >= 0.6 is 0 Å². The van der Waals surface area contributed by atoms with Crippen LogP contribution in [-0.4, -0.2) is 39.6 Å². The quantitative estimate of drug-likeness (QED) is 0.547. The zero-order valence-electron chi connectivity index (χ0n) is 20.0. The predicted octanol–water partition coefficient (Wildman–Crippen LogP) is 3.29. The summed E-state index contributed by atoms with van der Waals surface area (Å²) in [6.45, 7) is 3.93. The number of nitrogens with zero attached hydrogens (tertiary/aromatic N) is 4. The highest BCUT2D eigenvalue weighted by Gasteiger charge is 2.73. The lowest BCUT2D eigenvalue weighted by Gasteiger charge is -2.31. The number of carbonyl (C=O) groups excluding carboxylic acids is 2. The summed E-state index contributed by atoms with van der Waals surface area (Å²) >= 11 is 0. The molecule has 4 atom stereocenters. The van der Waals surface area contributed by atoms with E-state index in [1.54, 1.807) is 25.1 Å². The van der Waals surface area contributed by atoms with Gasteiger partial charge >= 0.3 is 0 Å².